The van der Waals surface area contributed by atoms with E-state index in [-0.39, 0.29) is 5.56 Å². The molecule has 1 aromatic heterocycles. The summed E-state index contributed by atoms with van der Waals surface area (Å²) in [6.45, 7) is 5.49. The van der Waals surface area contributed by atoms with Gasteiger partial charge in [0.15, 0.2) is 0 Å². The summed E-state index contributed by atoms with van der Waals surface area (Å²) in [5.41, 5.74) is 2.43. The number of nitrogens with one attached hydrogen (secondary N) is 1. The summed E-state index contributed by atoms with van der Waals surface area (Å²) < 4.78 is 21.5. The van der Waals surface area contributed by atoms with E-state index in [9.17, 15) is 9.59 Å². The van der Waals surface area contributed by atoms with Gasteiger partial charge in [-0.05, 0) is 73.9 Å². The SMILES string of the molecule is COC(=O)c1cc(-c2ccc(OC)cc2C(C(=O)OC(C)(C)C)c2ccc[nH]2)ccc1OC. The molecular formula is C26H29NO6. The van der Waals surface area contributed by atoms with Gasteiger partial charge >= 0.3 is 11.9 Å². The molecule has 3 rings (SSSR count). The van der Waals surface area contributed by atoms with Gasteiger partial charge in [0.1, 0.15) is 28.6 Å². The van der Waals surface area contributed by atoms with Crippen molar-refractivity contribution in [3.05, 3.63) is 71.5 Å². The monoisotopic (exact) mass is 451 g/mol. The van der Waals surface area contributed by atoms with E-state index in [1.807, 2.05) is 57.2 Å². The van der Waals surface area contributed by atoms with Gasteiger partial charge in [-0.1, -0.05) is 12.1 Å². The Kier molecular flexibility index (Phi) is 7.11. The van der Waals surface area contributed by atoms with Crippen LogP contribution in [0.25, 0.3) is 11.1 Å². The Morgan fingerprint density at radius 1 is 0.939 bits per heavy atom. The standard InChI is InChI=1S/C26H29NO6/c1-26(2,3)33-25(29)23(21-8-7-13-27-21)19-15-17(30-4)10-11-18(19)16-9-12-22(31-5)20(14-16)24(28)32-6/h7-15,23,27H,1-6H3. The number of aromatic nitrogens is 1. The fraction of sp³-hybridized carbons (Fsp3) is 0.308. The van der Waals surface area contributed by atoms with Crippen LogP contribution in [0.3, 0.4) is 0 Å². The fourth-order valence-electron chi connectivity index (χ4n) is 3.62. The zero-order chi connectivity index (χ0) is 24.2. The molecule has 0 aliphatic rings. The zero-order valence-corrected chi connectivity index (χ0v) is 19.7. The van der Waals surface area contributed by atoms with Crippen LogP contribution in [0.5, 0.6) is 11.5 Å². The van der Waals surface area contributed by atoms with E-state index in [1.54, 1.807) is 25.4 Å². The maximum atomic E-state index is 13.4. The van der Waals surface area contributed by atoms with Crippen LogP contribution in [0.1, 0.15) is 48.3 Å². The number of H-pyrrole nitrogens is 1. The molecule has 1 unspecified atom stereocenters. The molecular weight excluding hydrogens is 422 g/mol. The molecule has 0 amide bonds. The van der Waals surface area contributed by atoms with Gasteiger partial charge in [0.25, 0.3) is 0 Å². The Morgan fingerprint density at radius 2 is 1.70 bits per heavy atom. The van der Waals surface area contributed by atoms with Gasteiger partial charge in [-0.25, -0.2) is 4.79 Å². The van der Waals surface area contributed by atoms with Crippen LogP contribution in [-0.4, -0.2) is 43.9 Å². The van der Waals surface area contributed by atoms with Crippen LogP contribution in [0.15, 0.2) is 54.7 Å². The highest BCUT2D eigenvalue weighted by atomic mass is 16.6. The average molecular weight is 452 g/mol. The number of ether oxygens (including phenoxy) is 4. The normalized spacial score (nSPS) is 12.1. The number of carbonyl (C=O) groups excluding carboxylic acids is 2. The first-order chi connectivity index (χ1) is 15.7. The van der Waals surface area contributed by atoms with Crippen molar-refractivity contribution in [2.45, 2.75) is 32.3 Å². The number of hydrogen-bond donors (Lipinski definition) is 1. The third kappa shape index (κ3) is 5.37. The highest BCUT2D eigenvalue weighted by Crippen LogP contribution is 2.38. The molecule has 0 saturated heterocycles. The van der Waals surface area contributed by atoms with Crippen molar-refractivity contribution in [3.63, 3.8) is 0 Å². The second-order valence-corrected chi connectivity index (χ2v) is 8.45. The van der Waals surface area contributed by atoms with Gasteiger partial charge in [0, 0.05) is 11.9 Å². The van der Waals surface area contributed by atoms with Gasteiger partial charge in [-0.15, -0.1) is 0 Å². The van der Waals surface area contributed by atoms with Gasteiger partial charge in [-0.2, -0.15) is 0 Å². The van der Waals surface area contributed by atoms with E-state index in [1.165, 1.54) is 14.2 Å². The van der Waals surface area contributed by atoms with Crippen molar-refractivity contribution in [3.8, 4) is 22.6 Å². The minimum Gasteiger partial charge on any atom is -0.497 e. The minimum atomic E-state index is -0.743. The number of hydrogen-bond acceptors (Lipinski definition) is 6. The summed E-state index contributed by atoms with van der Waals surface area (Å²) in [4.78, 5) is 28.9. The van der Waals surface area contributed by atoms with E-state index in [0.717, 1.165) is 5.56 Å². The van der Waals surface area contributed by atoms with E-state index < -0.39 is 23.5 Å². The lowest BCUT2D eigenvalue weighted by atomic mass is 9.87. The molecule has 0 bridgehead atoms. The first-order valence-corrected chi connectivity index (χ1v) is 10.5. The number of benzene rings is 2. The molecule has 7 nitrogen and oxygen atoms in total. The molecule has 0 spiro atoms. The molecule has 0 fully saturated rings. The van der Waals surface area contributed by atoms with Crippen molar-refractivity contribution in [2.24, 2.45) is 0 Å². The number of rotatable bonds is 7. The first kappa shape index (κ1) is 23.9. The van der Waals surface area contributed by atoms with E-state index in [2.05, 4.69) is 4.98 Å². The van der Waals surface area contributed by atoms with Crippen molar-refractivity contribution in [1.29, 1.82) is 0 Å². The molecule has 7 heteroatoms. The van der Waals surface area contributed by atoms with Crippen molar-refractivity contribution < 1.29 is 28.5 Å². The van der Waals surface area contributed by atoms with Crippen LogP contribution in [-0.2, 0) is 14.3 Å². The molecule has 1 heterocycles. The quantitative estimate of drug-likeness (QED) is 0.511. The van der Waals surface area contributed by atoms with Gasteiger partial charge in [0.05, 0.1) is 21.3 Å². The number of esters is 2. The first-order valence-electron chi connectivity index (χ1n) is 10.5. The van der Waals surface area contributed by atoms with Crippen LogP contribution in [0, 0.1) is 0 Å². The lowest BCUT2D eigenvalue weighted by Gasteiger charge is -2.25. The number of methoxy groups -OCH3 is 3. The van der Waals surface area contributed by atoms with Crippen molar-refractivity contribution in [2.75, 3.05) is 21.3 Å². The van der Waals surface area contributed by atoms with E-state index >= 15 is 0 Å². The average Bonchev–Trinajstić information content (AvgIpc) is 3.31. The molecule has 0 aliphatic heterocycles. The maximum Gasteiger partial charge on any atom is 0.341 e. The predicted octanol–water partition coefficient (Wildman–Crippen LogP) is 4.96. The largest absolute Gasteiger partial charge is 0.497 e. The number of carbonyl (C=O) groups is 2. The Labute approximate surface area is 193 Å². The molecule has 174 valence electrons. The Balaban J connectivity index is 2.23. The van der Waals surface area contributed by atoms with Gasteiger partial charge in [0.2, 0.25) is 0 Å². The van der Waals surface area contributed by atoms with Crippen LogP contribution >= 0.6 is 0 Å². The summed E-state index contributed by atoms with van der Waals surface area (Å²) in [7, 11) is 4.37. The van der Waals surface area contributed by atoms with Crippen LogP contribution in [0.4, 0.5) is 0 Å². The molecule has 3 aromatic rings. The molecule has 0 aliphatic carbocycles. The smallest absolute Gasteiger partial charge is 0.341 e. The predicted molar refractivity (Wildman–Crippen MR) is 125 cm³/mol. The molecule has 0 radical (unpaired) electrons. The topological polar surface area (TPSA) is 86.9 Å². The van der Waals surface area contributed by atoms with E-state index in [0.29, 0.717) is 28.3 Å². The third-order valence-electron chi connectivity index (χ3n) is 5.06. The van der Waals surface area contributed by atoms with Gasteiger partial charge < -0.3 is 23.9 Å². The lowest BCUT2D eigenvalue weighted by Crippen LogP contribution is -2.28. The highest BCUT2D eigenvalue weighted by Gasteiger charge is 2.31. The Bertz CT molecular complexity index is 1130. The molecule has 1 N–H and O–H groups in total. The molecule has 1 atom stereocenters. The third-order valence-corrected chi connectivity index (χ3v) is 5.06. The summed E-state index contributed by atoms with van der Waals surface area (Å²) in [6.07, 6.45) is 1.76. The number of aromatic amines is 1. The van der Waals surface area contributed by atoms with Crippen LogP contribution < -0.4 is 9.47 Å². The van der Waals surface area contributed by atoms with Gasteiger partial charge in [-0.3, -0.25) is 4.79 Å². The molecule has 33 heavy (non-hydrogen) atoms. The fourth-order valence-corrected chi connectivity index (χ4v) is 3.62. The summed E-state index contributed by atoms with van der Waals surface area (Å²) in [5, 5.41) is 0. The maximum absolute atomic E-state index is 13.4. The summed E-state index contributed by atoms with van der Waals surface area (Å²) in [6, 6.07) is 14.4. The minimum absolute atomic E-state index is 0.285. The lowest BCUT2D eigenvalue weighted by molar-refractivity contribution is -0.155. The summed E-state index contributed by atoms with van der Waals surface area (Å²) in [5.74, 6) is -0.671. The second-order valence-electron chi connectivity index (χ2n) is 8.45. The zero-order valence-electron chi connectivity index (χ0n) is 19.7. The van der Waals surface area contributed by atoms with E-state index in [4.69, 9.17) is 18.9 Å². The molecule has 2 aromatic carbocycles. The Morgan fingerprint density at radius 3 is 2.27 bits per heavy atom. The second kappa shape index (κ2) is 9.81. The Hall–Kier alpha value is -3.74. The van der Waals surface area contributed by atoms with Crippen molar-refractivity contribution >= 4 is 11.9 Å². The van der Waals surface area contributed by atoms with Crippen LogP contribution in [0.2, 0.25) is 0 Å². The highest BCUT2D eigenvalue weighted by molar-refractivity contribution is 5.95. The molecule has 0 saturated carbocycles. The van der Waals surface area contributed by atoms with Crippen molar-refractivity contribution in [1.82, 2.24) is 4.98 Å². The summed E-state index contributed by atoms with van der Waals surface area (Å²) >= 11 is 0.